The van der Waals surface area contributed by atoms with E-state index in [0.717, 1.165) is 16.8 Å². The van der Waals surface area contributed by atoms with Crippen molar-refractivity contribution < 1.29 is 4.79 Å². The number of carbonyl (C=O) groups excluding carboxylic acids is 1. The topological polar surface area (TPSA) is 56.0 Å². The summed E-state index contributed by atoms with van der Waals surface area (Å²) in [7, 11) is 0. The highest BCUT2D eigenvalue weighted by Gasteiger charge is 2.11. The van der Waals surface area contributed by atoms with E-state index in [1.165, 1.54) is 0 Å². The molecule has 0 radical (unpaired) electrons. The maximum Gasteiger partial charge on any atom is 0.250 e. The van der Waals surface area contributed by atoms with E-state index in [4.69, 9.17) is 5.73 Å². The van der Waals surface area contributed by atoms with Crippen LogP contribution in [0.5, 0.6) is 0 Å². The van der Waals surface area contributed by atoms with E-state index in [1.54, 1.807) is 12.1 Å². The Kier molecular flexibility index (Phi) is 2.91. The van der Waals surface area contributed by atoms with E-state index in [2.05, 4.69) is 4.98 Å². The first-order valence-electron chi connectivity index (χ1n) is 5.42. The molecule has 0 aliphatic rings. The Morgan fingerprint density at radius 2 is 1.94 bits per heavy atom. The van der Waals surface area contributed by atoms with Crippen molar-refractivity contribution in [2.45, 2.75) is 13.8 Å². The van der Waals surface area contributed by atoms with Crippen molar-refractivity contribution in [3.63, 3.8) is 0 Å². The van der Waals surface area contributed by atoms with Crippen LogP contribution in [0.4, 0.5) is 0 Å². The van der Waals surface area contributed by atoms with Gasteiger partial charge in [0.15, 0.2) is 0 Å². The molecule has 2 aromatic rings. The van der Waals surface area contributed by atoms with Crippen molar-refractivity contribution in [3.8, 4) is 11.3 Å². The zero-order chi connectivity index (χ0) is 12.4. The van der Waals surface area contributed by atoms with Crippen LogP contribution in [-0.4, -0.2) is 10.9 Å². The minimum atomic E-state index is -0.450. The summed E-state index contributed by atoms with van der Waals surface area (Å²) in [4.78, 5) is 15.8. The molecule has 0 atom stereocenters. The highest BCUT2D eigenvalue weighted by atomic mass is 16.1. The van der Waals surface area contributed by atoms with Gasteiger partial charge in [0.25, 0.3) is 5.91 Å². The standard InChI is InChI=1S/C14H14N2O/c1-9-4-3-5-11(8-9)13-12(14(15)17)7-6-10(2)16-13/h3-8H,1-2H3,(H2,15,17). The van der Waals surface area contributed by atoms with E-state index in [-0.39, 0.29) is 0 Å². The summed E-state index contributed by atoms with van der Waals surface area (Å²) in [6.07, 6.45) is 0. The summed E-state index contributed by atoms with van der Waals surface area (Å²) in [5.74, 6) is -0.450. The molecule has 1 aromatic carbocycles. The van der Waals surface area contributed by atoms with Gasteiger partial charge in [-0.3, -0.25) is 9.78 Å². The summed E-state index contributed by atoms with van der Waals surface area (Å²) < 4.78 is 0. The van der Waals surface area contributed by atoms with Crippen LogP contribution in [0.15, 0.2) is 36.4 Å². The van der Waals surface area contributed by atoms with Gasteiger partial charge in [0.05, 0.1) is 11.3 Å². The van der Waals surface area contributed by atoms with Gasteiger partial charge in [-0.15, -0.1) is 0 Å². The summed E-state index contributed by atoms with van der Waals surface area (Å²) in [5, 5.41) is 0. The van der Waals surface area contributed by atoms with Gasteiger partial charge in [0, 0.05) is 11.3 Å². The molecule has 2 rings (SSSR count). The zero-order valence-corrected chi connectivity index (χ0v) is 9.90. The van der Waals surface area contributed by atoms with Gasteiger partial charge in [-0.2, -0.15) is 0 Å². The van der Waals surface area contributed by atoms with Gasteiger partial charge >= 0.3 is 0 Å². The first kappa shape index (κ1) is 11.3. The van der Waals surface area contributed by atoms with Crippen LogP contribution in [0.3, 0.4) is 0 Å². The quantitative estimate of drug-likeness (QED) is 0.855. The van der Waals surface area contributed by atoms with Crippen molar-refractivity contribution in [1.82, 2.24) is 4.98 Å². The second-order valence-corrected chi connectivity index (χ2v) is 4.08. The fraction of sp³-hybridized carbons (Fsp3) is 0.143. The Labute approximate surface area is 100 Å². The summed E-state index contributed by atoms with van der Waals surface area (Å²) in [6, 6.07) is 11.4. The maximum absolute atomic E-state index is 11.4. The molecule has 0 fully saturated rings. The lowest BCUT2D eigenvalue weighted by Crippen LogP contribution is -2.13. The highest BCUT2D eigenvalue weighted by Crippen LogP contribution is 2.22. The molecule has 0 saturated heterocycles. The molecule has 86 valence electrons. The molecule has 0 unspecified atom stereocenters. The van der Waals surface area contributed by atoms with Crippen LogP contribution in [-0.2, 0) is 0 Å². The molecule has 3 heteroatoms. The number of hydrogen-bond donors (Lipinski definition) is 1. The second kappa shape index (κ2) is 4.37. The number of aryl methyl sites for hydroxylation is 2. The minimum Gasteiger partial charge on any atom is -0.366 e. The molecule has 1 amide bonds. The van der Waals surface area contributed by atoms with E-state index in [9.17, 15) is 4.79 Å². The largest absolute Gasteiger partial charge is 0.366 e. The maximum atomic E-state index is 11.4. The van der Waals surface area contributed by atoms with Gasteiger partial charge in [-0.05, 0) is 32.0 Å². The predicted octanol–water partition coefficient (Wildman–Crippen LogP) is 2.46. The third-order valence-corrected chi connectivity index (χ3v) is 2.59. The van der Waals surface area contributed by atoms with Crippen LogP contribution in [0, 0.1) is 13.8 Å². The third kappa shape index (κ3) is 2.33. The first-order chi connectivity index (χ1) is 8.08. The molecule has 2 N–H and O–H groups in total. The first-order valence-corrected chi connectivity index (χ1v) is 5.42. The van der Waals surface area contributed by atoms with Crippen LogP contribution in [0.25, 0.3) is 11.3 Å². The number of nitrogens with zero attached hydrogens (tertiary/aromatic N) is 1. The lowest BCUT2D eigenvalue weighted by molar-refractivity contribution is 0.100. The number of benzene rings is 1. The number of nitrogens with two attached hydrogens (primary N) is 1. The predicted molar refractivity (Wildman–Crippen MR) is 67.7 cm³/mol. The van der Waals surface area contributed by atoms with Crippen LogP contribution >= 0.6 is 0 Å². The molecule has 0 aliphatic heterocycles. The minimum absolute atomic E-state index is 0.450. The number of pyridine rings is 1. The summed E-state index contributed by atoms with van der Waals surface area (Å²) in [5.41, 5.74) is 9.39. The highest BCUT2D eigenvalue weighted by molar-refractivity contribution is 5.98. The Morgan fingerprint density at radius 1 is 1.18 bits per heavy atom. The Hall–Kier alpha value is -2.16. The van der Waals surface area contributed by atoms with Gasteiger partial charge in [0.1, 0.15) is 0 Å². The average Bonchev–Trinajstić information content (AvgIpc) is 2.28. The molecule has 0 spiro atoms. The lowest BCUT2D eigenvalue weighted by Gasteiger charge is -2.07. The number of hydrogen-bond acceptors (Lipinski definition) is 2. The number of amides is 1. The smallest absolute Gasteiger partial charge is 0.250 e. The van der Waals surface area contributed by atoms with Crippen molar-refractivity contribution in [2.75, 3.05) is 0 Å². The lowest BCUT2D eigenvalue weighted by atomic mass is 10.0. The van der Waals surface area contributed by atoms with Gasteiger partial charge < -0.3 is 5.73 Å². The Balaban J connectivity index is 2.65. The normalized spacial score (nSPS) is 10.2. The molecule has 1 heterocycles. The van der Waals surface area contributed by atoms with Crippen molar-refractivity contribution >= 4 is 5.91 Å². The van der Waals surface area contributed by atoms with E-state index in [1.807, 2.05) is 38.1 Å². The van der Waals surface area contributed by atoms with Crippen molar-refractivity contribution in [2.24, 2.45) is 5.73 Å². The number of carbonyl (C=O) groups is 1. The molecular formula is C14H14N2O. The van der Waals surface area contributed by atoms with E-state index >= 15 is 0 Å². The van der Waals surface area contributed by atoms with Crippen molar-refractivity contribution in [3.05, 3.63) is 53.2 Å². The molecule has 3 nitrogen and oxygen atoms in total. The number of primary amides is 1. The third-order valence-electron chi connectivity index (χ3n) is 2.59. The van der Waals surface area contributed by atoms with Crippen molar-refractivity contribution in [1.29, 1.82) is 0 Å². The molecule has 17 heavy (non-hydrogen) atoms. The van der Waals surface area contributed by atoms with Crippen LogP contribution in [0.2, 0.25) is 0 Å². The Morgan fingerprint density at radius 3 is 2.59 bits per heavy atom. The van der Waals surface area contributed by atoms with Gasteiger partial charge in [-0.25, -0.2) is 0 Å². The fourth-order valence-corrected chi connectivity index (χ4v) is 1.77. The molecule has 0 aliphatic carbocycles. The monoisotopic (exact) mass is 226 g/mol. The molecule has 0 saturated carbocycles. The summed E-state index contributed by atoms with van der Waals surface area (Å²) in [6.45, 7) is 3.90. The Bertz CT molecular complexity index is 576. The van der Waals surface area contributed by atoms with Gasteiger partial charge in [-0.1, -0.05) is 23.8 Å². The SMILES string of the molecule is Cc1cccc(-c2nc(C)ccc2C(N)=O)c1. The zero-order valence-electron chi connectivity index (χ0n) is 9.90. The second-order valence-electron chi connectivity index (χ2n) is 4.08. The average molecular weight is 226 g/mol. The molecule has 1 aromatic heterocycles. The fourth-order valence-electron chi connectivity index (χ4n) is 1.77. The van der Waals surface area contributed by atoms with E-state index < -0.39 is 5.91 Å². The molecule has 0 bridgehead atoms. The summed E-state index contributed by atoms with van der Waals surface area (Å²) >= 11 is 0. The van der Waals surface area contributed by atoms with Gasteiger partial charge in [0.2, 0.25) is 0 Å². The number of aromatic nitrogens is 1. The van der Waals surface area contributed by atoms with Crippen LogP contribution < -0.4 is 5.73 Å². The van der Waals surface area contributed by atoms with E-state index in [0.29, 0.717) is 11.3 Å². The number of rotatable bonds is 2. The molecular weight excluding hydrogens is 212 g/mol. The van der Waals surface area contributed by atoms with Crippen LogP contribution in [0.1, 0.15) is 21.6 Å².